The van der Waals surface area contributed by atoms with Crippen molar-refractivity contribution in [3.8, 4) is 22.9 Å². The fraction of sp³-hybridized carbons (Fsp3) is 0.167. The summed E-state index contributed by atoms with van der Waals surface area (Å²) in [6.07, 6.45) is 0. The van der Waals surface area contributed by atoms with Crippen molar-refractivity contribution >= 4 is 10.9 Å². The van der Waals surface area contributed by atoms with Gasteiger partial charge in [-0.15, -0.1) is 0 Å². The van der Waals surface area contributed by atoms with E-state index in [1.165, 1.54) is 4.68 Å². The number of methoxy groups -OCH3 is 1. The van der Waals surface area contributed by atoms with Crippen LogP contribution >= 0.6 is 0 Å². The standard InChI is InChI=1S/C24H23N3O3/c1-3-30-22-11-7-4-8-18(22)16-25-27-23(17-12-14-19(29-2)15-13-17)26-21-10-6-5-9-20(21)24(27)28/h4-15,25H,3,16H2,1-2H3. The number of rotatable bonds is 7. The lowest BCUT2D eigenvalue weighted by Gasteiger charge is -2.17. The fourth-order valence-electron chi connectivity index (χ4n) is 3.32. The highest BCUT2D eigenvalue weighted by molar-refractivity contribution is 5.79. The van der Waals surface area contributed by atoms with Gasteiger partial charge in [-0.1, -0.05) is 30.3 Å². The van der Waals surface area contributed by atoms with Crippen LogP contribution in [0.5, 0.6) is 11.5 Å². The molecule has 0 saturated heterocycles. The number of hydrogen-bond acceptors (Lipinski definition) is 5. The van der Waals surface area contributed by atoms with Gasteiger partial charge in [-0.05, 0) is 49.4 Å². The number of nitrogens with zero attached hydrogens (tertiary/aromatic N) is 2. The summed E-state index contributed by atoms with van der Waals surface area (Å²) in [4.78, 5) is 18.0. The first-order valence-electron chi connectivity index (χ1n) is 9.82. The first kappa shape index (κ1) is 19.5. The van der Waals surface area contributed by atoms with Gasteiger partial charge in [0.15, 0.2) is 5.82 Å². The molecule has 0 bridgehead atoms. The third-order valence-corrected chi connectivity index (χ3v) is 4.82. The van der Waals surface area contributed by atoms with Crippen LogP contribution in [0.3, 0.4) is 0 Å². The van der Waals surface area contributed by atoms with E-state index in [-0.39, 0.29) is 5.56 Å². The molecule has 0 radical (unpaired) electrons. The molecule has 4 aromatic rings. The molecule has 1 N–H and O–H groups in total. The van der Waals surface area contributed by atoms with Gasteiger partial charge in [0.25, 0.3) is 5.56 Å². The van der Waals surface area contributed by atoms with Gasteiger partial charge < -0.3 is 14.9 Å². The summed E-state index contributed by atoms with van der Waals surface area (Å²) in [5.41, 5.74) is 5.52. The molecule has 152 valence electrons. The molecule has 0 aliphatic heterocycles. The number of para-hydroxylation sites is 2. The number of benzene rings is 3. The minimum absolute atomic E-state index is 0.152. The fourth-order valence-corrected chi connectivity index (χ4v) is 3.32. The Balaban J connectivity index is 1.79. The van der Waals surface area contributed by atoms with Crippen LogP contribution in [0.4, 0.5) is 0 Å². The first-order chi connectivity index (χ1) is 14.7. The molecule has 0 aliphatic carbocycles. The molecule has 0 aliphatic rings. The highest BCUT2D eigenvalue weighted by atomic mass is 16.5. The lowest BCUT2D eigenvalue weighted by Crippen LogP contribution is -2.31. The Morgan fingerprint density at radius 3 is 2.47 bits per heavy atom. The maximum atomic E-state index is 13.3. The van der Waals surface area contributed by atoms with Crippen LogP contribution in [0.1, 0.15) is 12.5 Å². The summed E-state index contributed by atoms with van der Waals surface area (Å²) < 4.78 is 12.5. The lowest BCUT2D eigenvalue weighted by atomic mass is 10.1. The molecule has 0 amide bonds. The molecule has 0 atom stereocenters. The van der Waals surface area contributed by atoms with E-state index < -0.39 is 0 Å². The van der Waals surface area contributed by atoms with E-state index in [1.807, 2.05) is 73.7 Å². The van der Waals surface area contributed by atoms with Crippen LogP contribution in [0.25, 0.3) is 22.3 Å². The highest BCUT2D eigenvalue weighted by Crippen LogP contribution is 2.22. The second kappa shape index (κ2) is 8.69. The van der Waals surface area contributed by atoms with Crippen molar-refractivity contribution in [3.63, 3.8) is 0 Å². The molecule has 30 heavy (non-hydrogen) atoms. The third-order valence-electron chi connectivity index (χ3n) is 4.82. The van der Waals surface area contributed by atoms with E-state index in [0.29, 0.717) is 29.9 Å². The molecule has 0 unspecified atom stereocenters. The van der Waals surface area contributed by atoms with Gasteiger partial charge in [0, 0.05) is 11.1 Å². The van der Waals surface area contributed by atoms with Gasteiger partial charge >= 0.3 is 0 Å². The van der Waals surface area contributed by atoms with Crippen molar-refractivity contribution in [1.82, 2.24) is 9.66 Å². The van der Waals surface area contributed by atoms with E-state index in [9.17, 15) is 4.79 Å². The predicted molar refractivity (Wildman–Crippen MR) is 119 cm³/mol. The lowest BCUT2D eigenvalue weighted by molar-refractivity contribution is 0.336. The monoisotopic (exact) mass is 401 g/mol. The molecule has 0 fully saturated rings. The zero-order valence-corrected chi connectivity index (χ0v) is 17.0. The van der Waals surface area contributed by atoms with Crippen molar-refractivity contribution in [1.29, 1.82) is 0 Å². The molecule has 0 spiro atoms. The Morgan fingerprint density at radius 2 is 1.70 bits per heavy atom. The smallest absolute Gasteiger partial charge is 0.280 e. The Bertz CT molecular complexity index is 1220. The van der Waals surface area contributed by atoms with Crippen LogP contribution < -0.4 is 20.5 Å². The Morgan fingerprint density at radius 1 is 0.967 bits per heavy atom. The summed E-state index contributed by atoms with van der Waals surface area (Å²) in [6, 6.07) is 22.6. The van der Waals surface area contributed by atoms with Crippen molar-refractivity contribution in [2.75, 3.05) is 19.1 Å². The van der Waals surface area contributed by atoms with Gasteiger partial charge in [0.05, 0.1) is 31.2 Å². The molecule has 1 aromatic heterocycles. The Hall–Kier alpha value is -3.80. The Kier molecular flexibility index (Phi) is 5.66. The number of aromatic nitrogens is 2. The minimum atomic E-state index is -0.152. The van der Waals surface area contributed by atoms with Crippen LogP contribution in [0.15, 0.2) is 77.6 Å². The van der Waals surface area contributed by atoms with Gasteiger partial charge in [0.1, 0.15) is 11.5 Å². The quantitative estimate of drug-likeness (QED) is 0.502. The van der Waals surface area contributed by atoms with Gasteiger partial charge in [-0.25, -0.2) is 9.66 Å². The van der Waals surface area contributed by atoms with Crippen molar-refractivity contribution in [2.24, 2.45) is 0 Å². The van der Waals surface area contributed by atoms with E-state index in [4.69, 9.17) is 14.5 Å². The number of fused-ring (bicyclic) bond motifs is 1. The van der Waals surface area contributed by atoms with E-state index in [1.54, 1.807) is 13.2 Å². The van der Waals surface area contributed by atoms with Crippen molar-refractivity contribution in [3.05, 3.63) is 88.7 Å². The maximum absolute atomic E-state index is 13.3. The van der Waals surface area contributed by atoms with Crippen LogP contribution in [-0.4, -0.2) is 23.4 Å². The molecule has 3 aromatic carbocycles. The maximum Gasteiger partial charge on any atom is 0.280 e. The van der Waals surface area contributed by atoms with Gasteiger partial charge in [-0.2, -0.15) is 0 Å². The zero-order chi connectivity index (χ0) is 20.9. The van der Waals surface area contributed by atoms with E-state index in [2.05, 4.69) is 5.43 Å². The van der Waals surface area contributed by atoms with E-state index >= 15 is 0 Å². The molecule has 1 heterocycles. The largest absolute Gasteiger partial charge is 0.497 e. The zero-order valence-electron chi connectivity index (χ0n) is 17.0. The number of hydrogen-bond donors (Lipinski definition) is 1. The molecule has 4 rings (SSSR count). The molecular weight excluding hydrogens is 378 g/mol. The average Bonchev–Trinajstić information content (AvgIpc) is 2.79. The Labute approximate surface area is 174 Å². The van der Waals surface area contributed by atoms with Crippen LogP contribution in [-0.2, 0) is 6.54 Å². The second-order valence-electron chi connectivity index (χ2n) is 6.70. The van der Waals surface area contributed by atoms with Crippen LogP contribution in [0, 0.1) is 0 Å². The number of ether oxygens (including phenoxy) is 2. The number of nitrogens with one attached hydrogen (secondary N) is 1. The molecular formula is C24H23N3O3. The summed E-state index contributed by atoms with van der Waals surface area (Å²) in [5.74, 6) is 2.07. The molecule has 0 saturated carbocycles. The average molecular weight is 401 g/mol. The predicted octanol–water partition coefficient (Wildman–Crippen LogP) is 4.21. The van der Waals surface area contributed by atoms with Crippen LogP contribution in [0.2, 0.25) is 0 Å². The summed E-state index contributed by atoms with van der Waals surface area (Å²) in [6.45, 7) is 2.94. The first-order valence-corrected chi connectivity index (χ1v) is 9.82. The van der Waals surface area contributed by atoms with Gasteiger partial charge in [0.2, 0.25) is 0 Å². The normalized spacial score (nSPS) is 10.7. The van der Waals surface area contributed by atoms with E-state index in [0.717, 1.165) is 22.6 Å². The highest BCUT2D eigenvalue weighted by Gasteiger charge is 2.13. The molecule has 6 nitrogen and oxygen atoms in total. The molecule has 6 heteroatoms. The third kappa shape index (κ3) is 3.85. The SMILES string of the molecule is CCOc1ccccc1CNn1c(-c2ccc(OC)cc2)nc2ccccc2c1=O. The van der Waals surface area contributed by atoms with Crippen molar-refractivity contribution in [2.45, 2.75) is 13.5 Å². The second-order valence-corrected chi connectivity index (χ2v) is 6.70. The minimum Gasteiger partial charge on any atom is -0.497 e. The topological polar surface area (TPSA) is 65.4 Å². The summed E-state index contributed by atoms with van der Waals surface area (Å²) >= 11 is 0. The van der Waals surface area contributed by atoms with Crippen molar-refractivity contribution < 1.29 is 9.47 Å². The van der Waals surface area contributed by atoms with Gasteiger partial charge in [-0.3, -0.25) is 4.79 Å². The summed E-state index contributed by atoms with van der Waals surface area (Å²) in [7, 11) is 1.62. The summed E-state index contributed by atoms with van der Waals surface area (Å²) in [5, 5.41) is 0.556.